The molecule has 1 unspecified atom stereocenters. The molecule has 0 amide bonds. The van der Waals surface area contributed by atoms with Crippen LogP contribution in [-0.4, -0.2) is 17.5 Å². The van der Waals surface area contributed by atoms with E-state index in [0.717, 1.165) is 25.7 Å². The molecule has 0 aromatic carbocycles. The molecule has 0 nitrogen and oxygen atoms in total. The van der Waals surface area contributed by atoms with Crippen LogP contribution in [0.25, 0.3) is 0 Å². The molecule has 6 heteroatoms. The zero-order valence-electron chi connectivity index (χ0n) is 13.9. The summed E-state index contributed by atoms with van der Waals surface area (Å²) in [7, 11) is -8.30. The van der Waals surface area contributed by atoms with Crippen LogP contribution in [0.2, 0.25) is 24.2 Å². The summed E-state index contributed by atoms with van der Waals surface area (Å²) in [5.74, 6) is -0.252. The van der Waals surface area contributed by atoms with Crippen molar-refractivity contribution in [3.8, 4) is 0 Å². The molecule has 0 spiro atoms. The van der Waals surface area contributed by atoms with E-state index in [2.05, 4.69) is 0 Å². The second-order valence-electron chi connectivity index (χ2n) is 6.47. The standard InChI is InChI=1S/C15H32F4Si2/c1-4-6-8-11-20(16,17)13-10-15(3)14-21(18,19)12-9-7-5-2/h15H,4-14H2,1-3H3. The zero-order chi connectivity index (χ0) is 16.4. The van der Waals surface area contributed by atoms with E-state index in [9.17, 15) is 16.4 Å². The van der Waals surface area contributed by atoms with E-state index in [-0.39, 0.29) is 36.5 Å². The summed E-state index contributed by atoms with van der Waals surface area (Å²) in [5, 5.41) is 0. The van der Waals surface area contributed by atoms with Crippen molar-refractivity contribution in [2.45, 2.75) is 89.9 Å². The Bertz CT molecular complexity index is 260. The summed E-state index contributed by atoms with van der Waals surface area (Å²) >= 11 is 0. The molecular weight excluding hydrogens is 312 g/mol. The van der Waals surface area contributed by atoms with Crippen molar-refractivity contribution in [3.63, 3.8) is 0 Å². The van der Waals surface area contributed by atoms with Crippen LogP contribution in [0.1, 0.15) is 65.7 Å². The van der Waals surface area contributed by atoms with Crippen LogP contribution in [-0.2, 0) is 0 Å². The van der Waals surface area contributed by atoms with E-state index >= 15 is 0 Å². The Morgan fingerprint density at radius 1 is 0.714 bits per heavy atom. The van der Waals surface area contributed by atoms with Gasteiger partial charge in [0.25, 0.3) is 0 Å². The first kappa shape index (κ1) is 21.2. The predicted molar refractivity (Wildman–Crippen MR) is 88.0 cm³/mol. The fraction of sp³-hybridized carbons (Fsp3) is 1.00. The quantitative estimate of drug-likeness (QED) is 0.144. The summed E-state index contributed by atoms with van der Waals surface area (Å²) < 4.78 is 55.2. The number of hydrogen-bond acceptors (Lipinski definition) is 0. The van der Waals surface area contributed by atoms with E-state index in [1.54, 1.807) is 6.92 Å². The van der Waals surface area contributed by atoms with Gasteiger partial charge in [0.2, 0.25) is 0 Å². The summed E-state index contributed by atoms with van der Waals surface area (Å²) in [4.78, 5) is 0. The molecule has 0 bridgehead atoms. The zero-order valence-corrected chi connectivity index (χ0v) is 15.9. The summed E-state index contributed by atoms with van der Waals surface area (Å²) in [6.07, 6.45) is 5.03. The predicted octanol–water partition coefficient (Wildman–Crippen LogP) is 7.16. The third-order valence-corrected chi connectivity index (χ3v) is 8.43. The van der Waals surface area contributed by atoms with Crippen molar-refractivity contribution >= 4 is 17.5 Å². The first-order valence-electron chi connectivity index (χ1n) is 8.48. The largest absolute Gasteiger partial charge is 0.425 e. The van der Waals surface area contributed by atoms with Gasteiger partial charge in [-0.25, -0.2) is 0 Å². The second kappa shape index (κ2) is 10.8. The fourth-order valence-electron chi connectivity index (χ4n) is 2.56. The highest BCUT2D eigenvalue weighted by molar-refractivity contribution is 6.66. The number of rotatable bonds is 13. The van der Waals surface area contributed by atoms with Gasteiger partial charge in [-0.15, -0.1) is 0 Å². The molecule has 128 valence electrons. The number of unbranched alkanes of at least 4 members (excludes halogenated alkanes) is 4. The Hall–Kier alpha value is 0.154. The smallest absolute Gasteiger partial charge is 0.270 e. The van der Waals surface area contributed by atoms with Crippen molar-refractivity contribution < 1.29 is 16.4 Å². The SMILES string of the molecule is CCCCC[Si](F)(F)CCC(C)C[Si](F)(F)CCCCC. The molecule has 0 aliphatic rings. The van der Waals surface area contributed by atoms with Gasteiger partial charge >= 0.3 is 17.5 Å². The lowest BCUT2D eigenvalue weighted by Gasteiger charge is -2.20. The van der Waals surface area contributed by atoms with Crippen LogP contribution in [0, 0.1) is 5.92 Å². The van der Waals surface area contributed by atoms with Gasteiger partial charge in [0, 0.05) is 6.04 Å². The van der Waals surface area contributed by atoms with Crippen molar-refractivity contribution in [3.05, 3.63) is 0 Å². The molecule has 0 aliphatic carbocycles. The van der Waals surface area contributed by atoms with Gasteiger partial charge in [0.15, 0.2) is 0 Å². The molecule has 21 heavy (non-hydrogen) atoms. The molecule has 0 radical (unpaired) electrons. The molecule has 0 fully saturated rings. The van der Waals surface area contributed by atoms with Crippen molar-refractivity contribution in [2.24, 2.45) is 5.92 Å². The molecule has 0 aromatic heterocycles. The van der Waals surface area contributed by atoms with Gasteiger partial charge in [0.1, 0.15) is 0 Å². The van der Waals surface area contributed by atoms with Gasteiger partial charge in [0.05, 0.1) is 0 Å². The Balaban J connectivity index is 3.98. The van der Waals surface area contributed by atoms with E-state index in [1.165, 1.54) is 0 Å². The van der Waals surface area contributed by atoms with Crippen LogP contribution in [0.15, 0.2) is 0 Å². The molecule has 0 N–H and O–H groups in total. The lowest BCUT2D eigenvalue weighted by molar-refractivity contribution is 0.491. The van der Waals surface area contributed by atoms with E-state index < -0.39 is 17.5 Å². The van der Waals surface area contributed by atoms with Gasteiger partial charge < -0.3 is 0 Å². The highest BCUT2D eigenvalue weighted by Crippen LogP contribution is 2.32. The van der Waals surface area contributed by atoms with Crippen molar-refractivity contribution in [2.75, 3.05) is 0 Å². The normalized spacial score (nSPS) is 14.4. The van der Waals surface area contributed by atoms with E-state index in [4.69, 9.17) is 0 Å². The minimum absolute atomic E-state index is 0.0372. The molecule has 0 aliphatic heterocycles. The average molecular weight is 345 g/mol. The third-order valence-electron chi connectivity index (χ3n) is 3.94. The highest BCUT2D eigenvalue weighted by Gasteiger charge is 2.38. The van der Waals surface area contributed by atoms with Crippen molar-refractivity contribution in [1.82, 2.24) is 0 Å². The third kappa shape index (κ3) is 12.4. The topological polar surface area (TPSA) is 0 Å². The van der Waals surface area contributed by atoms with E-state index in [0.29, 0.717) is 12.8 Å². The summed E-state index contributed by atoms with van der Waals surface area (Å²) in [6, 6.07) is -0.124. The molecule has 0 saturated carbocycles. The number of hydrogen-bond donors (Lipinski definition) is 0. The second-order valence-corrected chi connectivity index (χ2v) is 11.8. The van der Waals surface area contributed by atoms with Gasteiger partial charge in [-0.1, -0.05) is 59.3 Å². The van der Waals surface area contributed by atoms with Gasteiger partial charge in [-0.2, -0.15) is 0 Å². The monoisotopic (exact) mass is 344 g/mol. The van der Waals surface area contributed by atoms with Crippen molar-refractivity contribution in [1.29, 1.82) is 0 Å². The minimum Gasteiger partial charge on any atom is -0.270 e. The van der Waals surface area contributed by atoms with Crippen LogP contribution in [0.5, 0.6) is 0 Å². The first-order valence-corrected chi connectivity index (χ1v) is 12.8. The molecule has 0 rings (SSSR count). The Labute approximate surface area is 130 Å². The molecular formula is C15H32F4Si2. The maximum Gasteiger partial charge on any atom is 0.425 e. The summed E-state index contributed by atoms with van der Waals surface area (Å²) in [6.45, 7) is 5.71. The molecule has 0 aromatic rings. The van der Waals surface area contributed by atoms with Crippen LogP contribution < -0.4 is 0 Å². The fourth-order valence-corrected chi connectivity index (χ4v) is 6.69. The molecule has 0 heterocycles. The van der Waals surface area contributed by atoms with E-state index in [1.807, 2.05) is 13.8 Å². The lowest BCUT2D eigenvalue weighted by atomic mass is 10.2. The maximum absolute atomic E-state index is 13.8. The molecule has 1 atom stereocenters. The van der Waals surface area contributed by atoms with Crippen LogP contribution in [0.4, 0.5) is 16.4 Å². The van der Waals surface area contributed by atoms with Crippen LogP contribution in [0.3, 0.4) is 0 Å². The average Bonchev–Trinajstić information content (AvgIpc) is 2.36. The Morgan fingerprint density at radius 3 is 1.67 bits per heavy atom. The maximum atomic E-state index is 13.8. The minimum atomic E-state index is -4.16. The first-order chi connectivity index (χ1) is 9.72. The number of halogens is 4. The van der Waals surface area contributed by atoms with Gasteiger partial charge in [-0.3, -0.25) is 16.4 Å². The molecule has 0 saturated heterocycles. The van der Waals surface area contributed by atoms with Crippen LogP contribution >= 0.6 is 0 Å². The van der Waals surface area contributed by atoms with Gasteiger partial charge in [-0.05, 0) is 30.5 Å². The Kier molecular flexibility index (Phi) is 10.9. The summed E-state index contributed by atoms with van der Waals surface area (Å²) in [5.41, 5.74) is 0. The highest BCUT2D eigenvalue weighted by atomic mass is 28.4. The Morgan fingerprint density at radius 2 is 1.19 bits per heavy atom. The lowest BCUT2D eigenvalue weighted by Crippen LogP contribution is -2.27.